The number of hydrogen-bond acceptors (Lipinski definition) is 6. The number of urea groups is 1. The lowest BCUT2D eigenvalue weighted by Crippen LogP contribution is -2.41. The number of hydrogen-bond donors (Lipinski definition) is 3. The molecule has 0 bridgehead atoms. The summed E-state index contributed by atoms with van der Waals surface area (Å²) in [5, 5.41) is 7.22. The van der Waals surface area contributed by atoms with E-state index < -0.39 is 30.4 Å². The average molecular weight is 453 g/mol. The van der Waals surface area contributed by atoms with Gasteiger partial charge in [0.25, 0.3) is 5.91 Å². The lowest BCUT2D eigenvalue weighted by Gasteiger charge is -2.10. The van der Waals surface area contributed by atoms with E-state index in [9.17, 15) is 19.2 Å². The normalized spacial score (nSPS) is 10.4. The first kappa shape index (κ1) is 25.1. The van der Waals surface area contributed by atoms with E-state index in [1.54, 1.807) is 49.6 Å². The molecule has 4 amide bonds. The monoisotopic (exact) mass is 453 g/mol. The van der Waals surface area contributed by atoms with Crippen molar-refractivity contribution in [2.45, 2.75) is 19.8 Å². The molecule has 0 aliphatic rings. The summed E-state index contributed by atoms with van der Waals surface area (Å²) in [5.41, 5.74) is 1.09. The van der Waals surface area contributed by atoms with E-state index in [1.165, 1.54) is 18.2 Å². The van der Waals surface area contributed by atoms with Crippen molar-refractivity contribution in [1.82, 2.24) is 10.6 Å². The van der Waals surface area contributed by atoms with Gasteiger partial charge in [-0.15, -0.1) is 0 Å². The first-order valence-corrected chi connectivity index (χ1v) is 10.4. The highest BCUT2D eigenvalue weighted by atomic mass is 16.5. The van der Waals surface area contributed by atoms with Crippen LogP contribution < -0.4 is 20.7 Å². The number of unbranched alkanes of at least 4 members (excludes halogenated alkanes) is 1. The van der Waals surface area contributed by atoms with Gasteiger partial charge in [0, 0.05) is 12.6 Å². The quantitative estimate of drug-likeness (QED) is 0.289. The minimum Gasteiger partial charge on any atom is -0.497 e. The second-order valence-corrected chi connectivity index (χ2v) is 6.88. The molecule has 0 atom stereocenters. The van der Waals surface area contributed by atoms with Crippen LogP contribution in [0.25, 0.3) is 6.08 Å². The molecule has 0 saturated carbocycles. The minimum atomic E-state index is -0.813. The predicted molar refractivity (Wildman–Crippen MR) is 124 cm³/mol. The molecule has 0 fully saturated rings. The maximum Gasteiger partial charge on any atom is 0.340 e. The van der Waals surface area contributed by atoms with Crippen LogP contribution in [0.3, 0.4) is 0 Å². The predicted octanol–water partition coefficient (Wildman–Crippen LogP) is 3.13. The summed E-state index contributed by atoms with van der Waals surface area (Å²) in [5.74, 6) is -1.32. The van der Waals surface area contributed by atoms with Gasteiger partial charge in [0.1, 0.15) is 5.75 Å². The van der Waals surface area contributed by atoms with Crippen LogP contribution in [0.1, 0.15) is 35.7 Å². The fourth-order valence-corrected chi connectivity index (χ4v) is 2.63. The van der Waals surface area contributed by atoms with E-state index in [-0.39, 0.29) is 11.3 Å². The molecule has 174 valence electrons. The van der Waals surface area contributed by atoms with Gasteiger partial charge in [-0.05, 0) is 42.3 Å². The van der Waals surface area contributed by atoms with Crippen LogP contribution in [0.15, 0.2) is 54.6 Å². The summed E-state index contributed by atoms with van der Waals surface area (Å²) in [6.45, 7) is 1.77. The summed E-state index contributed by atoms with van der Waals surface area (Å²) in [6, 6.07) is 12.7. The lowest BCUT2D eigenvalue weighted by atomic mass is 10.1. The third-order valence-electron chi connectivity index (χ3n) is 4.35. The van der Waals surface area contributed by atoms with E-state index in [2.05, 4.69) is 16.0 Å². The molecule has 0 aliphatic carbocycles. The van der Waals surface area contributed by atoms with Gasteiger partial charge in [-0.3, -0.25) is 14.9 Å². The third kappa shape index (κ3) is 8.86. The Morgan fingerprint density at radius 3 is 2.42 bits per heavy atom. The maximum absolute atomic E-state index is 12.4. The Kier molecular flexibility index (Phi) is 10.1. The van der Waals surface area contributed by atoms with Crippen molar-refractivity contribution in [1.29, 1.82) is 0 Å². The number of anilines is 1. The molecule has 2 aromatic carbocycles. The molecule has 9 nitrogen and oxygen atoms in total. The summed E-state index contributed by atoms with van der Waals surface area (Å²) in [6.07, 6.45) is 4.63. The number of ether oxygens (including phenoxy) is 2. The lowest BCUT2D eigenvalue weighted by molar-refractivity contribution is -0.123. The number of amides is 4. The van der Waals surface area contributed by atoms with Crippen molar-refractivity contribution in [3.8, 4) is 5.75 Å². The molecule has 0 saturated heterocycles. The van der Waals surface area contributed by atoms with Crippen molar-refractivity contribution < 1.29 is 28.7 Å². The fourth-order valence-electron chi connectivity index (χ4n) is 2.63. The Hall–Kier alpha value is -4.14. The second-order valence-electron chi connectivity index (χ2n) is 6.88. The molecular weight excluding hydrogens is 426 g/mol. The zero-order valence-electron chi connectivity index (χ0n) is 18.6. The molecule has 0 heterocycles. The standard InChI is InChI=1S/C24H27N3O6/c1-3-4-15-25-24(31)27-22(29)16-33-23(30)19-7-5-6-8-20(19)26-21(28)14-11-17-9-12-18(32-2)13-10-17/h5-14H,3-4,15-16H2,1-2H3,(H,26,28)(H2,25,27,29,31)/b14-11+. The van der Waals surface area contributed by atoms with Gasteiger partial charge in [0.15, 0.2) is 6.61 Å². The van der Waals surface area contributed by atoms with Crippen LogP contribution in [0.4, 0.5) is 10.5 Å². The van der Waals surface area contributed by atoms with Gasteiger partial charge >= 0.3 is 12.0 Å². The Morgan fingerprint density at radius 1 is 1.00 bits per heavy atom. The second kappa shape index (κ2) is 13.3. The van der Waals surface area contributed by atoms with Crippen LogP contribution in [0, 0.1) is 0 Å². The van der Waals surface area contributed by atoms with Gasteiger partial charge in [-0.25, -0.2) is 9.59 Å². The zero-order valence-corrected chi connectivity index (χ0v) is 18.6. The van der Waals surface area contributed by atoms with Crippen LogP contribution in [-0.2, 0) is 14.3 Å². The molecule has 0 aliphatic heterocycles. The van der Waals surface area contributed by atoms with Gasteiger partial charge in [0.05, 0.1) is 18.4 Å². The molecule has 9 heteroatoms. The SMILES string of the molecule is CCCCNC(=O)NC(=O)COC(=O)c1ccccc1NC(=O)/C=C/c1ccc(OC)cc1. The van der Waals surface area contributed by atoms with Crippen LogP contribution in [0.5, 0.6) is 5.75 Å². The van der Waals surface area contributed by atoms with Gasteiger partial charge < -0.3 is 20.1 Å². The molecule has 2 rings (SSSR count). The molecular formula is C24H27N3O6. The zero-order chi connectivity index (χ0) is 24.1. The van der Waals surface area contributed by atoms with Crippen LogP contribution in [0.2, 0.25) is 0 Å². The number of carbonyl (C=O) groups excluding carboxylic acids is 4. The Bertz CT molecular complexity index is 1000. The van der Waals surface area contributed by atoms with Crippen LogP contribution >= 0.6 is 0 Å². The fraction of sp³-hybridized carbons (Fsp3) is 0.250. The largest absolute Gasteiger partial charge is 0.497 e. The Labute approximate surface area is 192 Å². The molecule has 2 aromatic rings. The maximum atomic E-state index is 12.4. The van der Waals surface area contributed by atoms with Crippen molar-refractivity contribution in [3.05, 3.63) is 65.7 Å². The number of para-hydroxylation sites is 1. The number of nitrogens with one attached hydrogen (secondary N) is 3. The first-order chi connectivity index (χ1) is 15.9. The van der Waals surface area contributed by atoms with Crippen LogP contribution in [-0.4, -0.2) is 44.1 Å². The molecule has 0 unspecified atom stereocenters. The van der Waals surface area contributed by atoms with Crippen molar-refractivity contribution in [3.63, 3.8) is 0 Å². The van der Waals surface area contributed by atoms with E-state index in [0.29, 0.717) is 12.3 Å². The van der Waals surface area contributed by atoms with E-state index in [4.69, 9.17) is 9.47 Å². The van der Waals surface area contributed by atoms with Crippen molar-refractivity contribution >= 4 is 35.6 Å². The minimum absolute atomic E-state index is 0.0731. The summed E-state index contributed by atoms with van der Waals surface area (Å²) < 4.78 is 10.1. The number of methoxy groups -OCH3 is 1. The molecule has 0 aromatic heterocycles. The number of rotatable bonds is 10. The summed E-state index contributed by atoms with van der Waals surface area (Å²) >= 11 is 0. The smallest absolute Gasteiger partial charge is 0.340 e. The highest BCUT2D eigenvalue weighted by Gasteiger charge is 2.16. The van der Waals surface area contributed by atoms with Crippen molar-refractivity contribution in [2.24, 2.45) is 0 Å². The van der Waals surface area contributed by atoms with Gasteiger partial charge in [-0.1, -0.05) is 37.6 Å². The molecule has 3 N–H and O–H groups in total. The molecule has 33 heavy (non-hydrogen) atoms. The topological polar surface area (TPSA) is 123 Å². The number of imide groups is 1. The summed E-state index contributed by atoms with van der Waals surface area (Å²) in [4.78, 5) is 48.1. The molecule has 0 radical (unpaired) electrons. The Morgan fingerprint density at radius 2 is 1.73 bits per heavy atom. The molecule has 0 spiro atoms. The Balaban J connectivity index is 1.90. The highest BCUT2D eigenvalue weighted by Crippen LogP contribution is 2.17. The van der Waals surface area contributed by atoms with Gasteiger partial charge in [0.2, 0.25) is 5.91 Å². The highest BCUT2D eigenvalue weighted by molar-refractivity contribution is 6.06. The number of carbonyl (C=O) groups is 4. The first-order valence-electron chi connectivity index (χ1n) is 10.4. The average Bonchev–Trinajstić information content (AvgIpc) is 2.82. The number of benzene rings is 2. The van der Waals surface area contributed by atoms with E-state index in [1.807, 2.05) is 6.92 Å². The van der Waals surface area contributed by atoms with Crippen molar-refractivity contribution in [2.75, 3.05) is 25.6 Å². The van der Waals surface area contributed by atoms with E-state index in [0.717, 1.165) is 18.4 Å². The third-order valence-corrected chi connectivity index (χ3v) is 4.35. The van der Waals surface area contributed by atoms with Gasteiger partial charge in [-0.2, -0.15) is 0 Å². The summed E-state index contributed by atoms with van der Waals surface area (Å²) in [7, 11) is 1.57. The van der Waals surface area contributed by atoms with E-state index >= 15 is 0 Å². The number of esters is 1.